The van der Waals surface area contributed by atoms with Crippen molar-refractivity contribution in [2.75, 3.05) is 0 Å². The third kappa shape index (κ3) is 7.94. The van der Waals surface area contributed by atoms with Gasteiger partial charge >= 0.3 is 131 Å². The van der Waals surface area contributed by atoms with Crippen LogP contribution in [0.15, 0.2) is 102 Å². The van der Waals surface area contributed by atoms with Crippen molar-refractivity contribution >= 4 is 50.6 Å². The van der Waals surface area contributed by atoms with Gasteiger partial charge < -0.3 is 8.98 Å². The van der Waals surface area contributed by atoms with E-state index < -0.39 is 26.0 Å². The Labute approximate surface area is 354 Å². The zero-order chi connectivity index (χ0) is 42.6. The molecule has 4 heterocycles. The molecule has 0 spiro atoms. The van der Waals surface area contributed by atoms with Crippen LogP contribution in [0, 0.1) is 25.9 Å². The molecule has 56 heavy (non-hydrogen) atoms. The predicted octanol–water partition coefficient (Wildman–Crippen LogP) is 12.9. The summed E-state index contributed by atoms with van der Waals surface area (Å²) >= 11 is -2.14. The molecule has 0 fully saturated rings. The fraction of sp³-hybridized carbons (Fsp3) is 0.286. The normalized spacial score (nSPS) is 13.3. The third-order valence-corrected chi connectivity index (χ3v) is 14.4. The molecule has 0 bridgehead atoms. The smallest absolute Gasteiger partial charge is 0 e. The van der Waals surface area contributed by atoms with Crippen molar-refractivity contribution < 1.29 is 30.0 Å². The molecule has 5 nitrogen and oxygen atoms in total. The van der Waals surface area contributed by atoms with Gasteiger partial charge in [0.25, 0.3) is 0 Å². The molecule has 1 radical (unpaired) electrons. The number of benzene rings is 4. The fourth-order valence-corrected chi connectivity index (χ4v) is 10.7. The molecule has 0 saturated heterocycles. The number of para-hydroxylation sites is 2. The fourth-order valence-electron chi connectivity index (χ4n) is 7.39. The van der Waals surface area contributed by atoms with Crippen LogP contribution in [0.2, 0.25) is 17.3 Å². The number of hydrogen-bond acceptors (Lipinski definition) is 4. The molecule has 289 valence electrons. The average Bonchev–Trinajstić information content (AvgIpc) is 3.76. The van der Waals surface area contributed by atoms with E-state index in [4.69, 9.17) is 14.9 Å². The summed E-state index contributed by atoms with van der Waals surface area (Å²) in [5, 5.41) is 2.17. The van der Waals surface area contributed by atoms with E-state index in [9.17, 15) is 0 Å². The Morgan fingerprint density at radius 3 is 2.20 bits per heavy atom. The van der Waals surface area contributed by atoms with Gasteiger partial charge in [0, 0.05) is 37.4 Å². The average molecular weight is 982 g/mol. The number of nitrogens with zero attached hydrogens (tertiary/aromatic N) is 4. The van der Waals surface area contributed by atoms with E-state index in [1.807, 2.05) is 62.6 Å². The minimum Gasteiger partial charge on any atom is 0 e. The van der Waals surface area contributed by atoms with Crippen molar-refractivity contribution in [2.45, 2.75) is 90.3 Å². The van der Waals surface area contributed by atoms with Crippen molar-refractivity contribution in [1.29, 1.82) is 0 Å². The van der Waals surface area contributed by atoms with Crippen LogP contribution in [-0.2, 0) is 20.1 Å². The Morgan fingerprint density at radius 2 is 1.55 bits per heavy atom. The zero-order valence-electron chi connectivity index (χ0n) is 37.9. The number of imidazole rings is 1. The standard InChI is InChI=1S/C31H28N3O.C18H24GeN.Ir/c1-18(2)21-11-8-12-22(19(3)4)29(21)34-28-20(5)32-17-16-26(28)33-31(34)25-14-9-13-24-23-10-6-7-15-27(23)35-30(24)25;1-13(2)16-11-18(15-9-7-14(3)8-10-15)20-12-17(16)19(4,5)6;/h6-13,15-19H,1-5H3;7-9,11-13H,1-6H3;/q2*-1;/i;3D3,13D;. The summed E-state index contributed by atoms with van der Waals surface area (Å²) in [7, 11) is 0. The van der Waals surface area contributed by atoms with Gasteiger partial charge in [0.2, 0.25) is 0 Å². The van der Waals surface area contributed by atoms with Gasteiger partial charge in [-0.05, 0) is 42.0 Å². The number of fused-ring (bicyclic) bond motifs is 4. The summed E-state index contributed by atoms with van der Waals surface area (Å²) in [5.41, 5.74) is 12.0. The Kier molecular flexibility index (Phi) is 10.7. The van der Waals surface area contributed by atoms with Gasteiger partial charge in [-0.25, -0.2) is 0 Å². The molecule has 0 atom stereocenters. The van der Waals surface area contributed by atoms with E-state index in [1.165, 1.54) is 27.3 Å². The second-order valence-corrected chi connectivity index (χ2v) is 26.8. The molecule has 0 aliphatic rings. The molecule has 0 saturated carbocycles. The first-order chi connectivity index (χ1) is 27.8. The van der Waals surface area contributed by atoms with Crippen molar-refractivity contribution in [3.63, 3.8) is 0 Å². The van der Waals surface area contributed by atoms with E-state index in [0.717, 1.165) is 66.9 Å². The third-order valence-electron chi connectivity index (χ3n) is 10.2. The van der Waals surface area contributed by atoms with Crippen LogP contribution in [0.25, 0.3) is 61.3 Å². The number of pyridine rings is 2. The summed E-state index contributed by atoms with van der Waals surface area (Å²) in [6.07, 6.45) is 3.74. The SMILES string of the molecule is Cc1nccc2nc(-c3[c-]ccc4c3oc3ccccc34)n(-c3c(C(C)C)cccc3C(C)C)c12.[2H]C([2H])([2H])c1c[c-]c(-c2cc(C([2H])(C)C)[c]([Ge]([CH3])([CH3])[CH3])cn2)cc1.[Ir]. The first kappa shape index (κ1) is 36.0. The van der Waals surface area contributed by atoms with Crippen LogP contribution >= 0.6 is 0 Å². The topological polar surface area (TPSA) is 56.7 Å². The number of aromatic nitrogens is 4. The van der Waals surface area contributed by atoms with Crippen molar-refractivity contribution in [3.05, 3.63) is 137 Å². The predicted molar refractivity (Wildman–Crippen MR) is 234 cm³/mol. The summed E-state index contributed by atoms with van der Waals surface area (Å²) < 4.78 is 40.8. The molecule has 8 rings (SSSR count). The van der Waals surface area contributed by atoms with E-state index in [-0.39, 0.29) is 25.7 Å². The van der Waals surface area contributed by atoms with Crippen molar-refractivity contribution in [2.24, 2.45) is 0 Å². The van der Waals surface area contributed by atoms with Gasteiger partial charge in [0.15, 0.2) is 0 Å². The van der Waals surface area contributed by atoms with E-state index in [0.29, 0.717) is 11.8 Å². The molecule has 0 unspecified atom stereocenters. The Morgan fingerprint density at radius 1 is 0.821 bits per heavy atom. The number of hydrogen-bond donors (Lipinski definition) is 0. The maximum atomic E-state index is 8.49. The quantitative estimate of drug-likeness (QED) is 0.118. The van der Waals surface area contributed by atoms with Gasteiger partial charge in [-0.1, -0.05) is 75.0 Å². The van der Waals surface area contributed by atoms with Crippen molar-refractivity contribution in [3.8, 4) is 28.3 Å². The van der Waals surface area contributed by atoms with Crippen molar-refractivity contribution in [1.82, 2.24) is 19.5 Å². The second-order valence-electron chi connectivity index (χ2n) is 16.2. The van der Waals surface area contributed by atoms with Crippen LogP contribution in [0.3, 0.4) is 0 Å². The van der Waals surface area contributed by atoms with E-state index in [1.54, 1.807) is 12.1 Å². The van der Waals surface area contributed by atoms with E-state index >= 15 is 0 Å². The molecular weight excluding hydrogens is 925 g/mol. The summed E-state index contributed by atoms with van der Waals surface area (Å²) in [4.78, 5) is 14.4. The molecule has 4 aromatic heterocycles. The summed E-state index contributed by atoms with van der Waals surface area (Å²) in [5.74, 6) is 7.70. The van der Waals surface area contributed by atoms with Gasteiger partial charge in [-0.3, -0.25) is 9.97 Å². The number of furan rings is 1. The van der Waals surface area contributed by atoms with Crippen LogP contribution in [-0.4, -0.2) is 32.8 Å². The Bertz CT molecular complexity index is 2790. The second kappa shape index (κ2) is 16.6. The summed E-state index contributed by atoms with van der Waals surface area (Å²) in [6, 6.07) is 34.2. The molecule has 4 aromatic carbocycles. The molecule has 0 N–H and O–H groups in total. The van der Waals surface area contributed by atoms with Crippen LogP contribution in [0.1, 0.15) is 92.7 Å². The van der Waals surface area contributed by atoms with Gasteiger partial charge in [0.1, 0.15) is 5.58 Å². The Balaban J connectivity index is 0.000000213. The van der Waals surface area contributed by atoms with Gasteiger partial charge in [-0.2, -0.15) is 0 Å². The van der Waals surface area contributed by atoms with Gasteiger partial charge in [0.05, 0.1) is 28.1 Å². The first-order valence-electron chi connectivity index (χ1n) is 21.1. The zero-order valence-corrected chi connectivity index (χ0v) is 38.4. The monoisotopic (exact) mass is 983 g/mol. The molecule has 0 aliphatic carbocycles. The summed E-state index contributed by atoms with van der Waals surface area (Å²) in [6.45, 7) is 12.7. The van der Waals surface area contributed by atoms with Gasteiger partial charge in [-0.15, -0.1) is 18.2 Å². The number of aryl methyl sites for hydroxylation is 2. The maximum absolute atomic E-state index is 8.49. The minimum absolute atomic E-state index is 0. The molecule has 7 heteroatoms. The van der Waals surface area contributed by atoms with E-state index in [2.05, 4.69) is 109 Å². The molecule has 0 amide bonds. The largest absolute Gasteiger partial charge is 0 e. The van der Waals surface area contributed by atoms with Crippen LogP contribution < -0.4 is 4.40 Å². The van der Waals surface area contributed by atoms with Crippen LogP contribution in [0.5, 0.6) is 0 Å². The first-order valence-corrected chi connectivity index (χ1v) is 26.4. The number of rotatable bonds is 7. The molecule has 8 aromatic rings. The Hall–Kier alpha value is -4.36. The van der Waals surface area contributed by atoms with Crippen LogP contribution in [0.4, 0.5) is 0 Å². The maximum Gasteiger partial charge on any atom is 0 e. The minimum atomic E-state index is -2.14. The molecule has 0 aliphatic heterocycles. The molecular formula is C49H52GeIrN4O-2.